The highest BCUT2D eigenvalue weighted by Crippen LogP contribution is 2.23. The number of allylic oxidation sites excluding steroid dienone is 4. The summed E-state index contributed by atoms with van der Waals surface area (Å²) in [4.78, 5) is 10.7. The molecule has 3 heteroatoms. The molecular weight excluding hydrogens is 264 g/mol. The number of aliphatic carboxylic acids is 1. The molecule has 0 radical (unpaired) electrons. The van der Waals surface area contributed by atoms with Crippen molar-refractivity contribution in [2.45, 2.75) is 27.7 Å². The third-order valence-corrected chi connectivity index (χ3v) is 3.24. The molecule has 0 aliphatic heterocycles. The van der Waals surface area contributed by atoms with Crippen LogP contribution in [-0.4, -0.2) is 18.2 Å². The predicted octanol–water partition coefficient (Wildman–Crippen LogP) is 4.30. The van der Waals surface area contributed by atoms with E-state index in [1.165, 1.54) is 0 Å². The Bertz CT molecular complexity index is 620. The van der Waals surface area contributed by atoms with Crippen LogP contribution >= 0.6 is 0 Å². The highest BCUT2D eigenvalue weighted by Gasteiger charge is 2.02. The van der Waals surface area contributed by atoms with Crippen molar-refractivity contribution in [3.8, 4) is 5.75 Å². The Kier molecular flexibility index (Phi) is 5.97. The quantitative estimate of drug-likeness (QED) is 0.648. The lowest BCUT2D eigenvalue weighted by atomic mass is 10.0. The van der Waals surface area contributed by atoms with Crippen LogP contribution in [0.25, 0.3) is 6.08 Å². The monoisotopic (exact) mass is 286 g/mol. The third kappa shape index (κ3) is 4.95. The van der Waals surface area contributed by atoms with Crippen molar-refractivity contribution in [2.24, 2.45) is 0 Å². The lowest BCUT2D eigenvalue weighted by Gasteiger charge is -2.08. The van der Waals surface area contributed by atoms with Gasteiger partial charge in [-0.3, -0.25) is 0 Å². The fourth-order valence-corrected chi connectivity index (χ4v) is 1.82. The minimum atomic E-state index is -0.898. The maximum atomic E-state index is 10.7. The number of carbonyl (C=O) groups is 1. The molecule has 1 rings (SSSR count). The average Bonchev–Trinajstić information content (AvgIpc) is 2.44. The molecule has 21 heavy (non-hydrogen) atoms. The number of rotatable bonds is 5. The standard InChI is InChI=1S/C18H22O3/c1-12(6-8-13(2)18(19)20)7-9-16-10-15(4)17(21-5)11-14(16)3/h6-11H,1-5H3,(H,19,20)/b9-7+,12-6+,13-8+. The number of hydrogen-bond donors (Lipinski definition) is 1. The maximum Gasteiger partial charge on any atom is 0.331 e. The highest BCUT2D eigenvalue weighted by atomic mass is 16.5. The summed E-state index contributed by atoms with van der Waals surface area (Å²) in [6.07, 6.45) is 7.40. The van der Waals surface area contributed by atoms with Gasteiger partial charge in [0.05, 0.1) is 7.11 Å². The third-order valence-electron chi connectivity index (χ3n) is 3.24. The van der Waals surface area contributed by atoms with E-state index in [4.69, 9.17) is 9.84 Å². The normalized spacial score (nSPS) is 12.8. The molecule has 0 bridgehead atoms. The van der Waals surface area contributed by atoms with Gasteiger partial charge < -0.3 is 9.84 Å². The molecule has 0 amide bonds. The van der Waals surface area contributed by atoms with Crippen molar-refractivity contribution in [2.75, 3.05) is 7.11 Å². The zero-order chi connectivity index (χ0) is 16.0. The van der Waals surface area contributed by atoms with Crippen LogP contribution in [0.3, 0.4) is 0 Å². The van der Waals surface area contributed by atoms with Crippen LogP contribution in [0, 0.1) is 13.8 Å². The lowest BCUT2D eigenvalue weighted by molar-refractivity contribution is -0.132. The zero-order valence-electron chi connectivity index (χ0n) is 13.2. The first-order valence-electron chi connectivity index (χ1n) is 6.77. The summed E-state index contributed by atoms with van der Waals surface area (Å²) in [5.41, 5.74) is 4.66. The second-order valence-electron chi connectivity index (χ2n) is 5.08. The molecule has 1 N–H and O–H groups in total. The van der Waals surface area contributed by atoms with Crippen molar-refractivity contribution in [1.29, 1.82) is 0 Å². The number of methoxy groups -OCH3 is 1. The van der Waals surface area contributed by atoms with Gasteiger partial charge in [0, 0.05) is 5.57 Å². The Balaban J connectivity index is 2.95. The van der Waals surface area contributed by atoms with Crippen molar-refractivity contribution in [3.05, 3.63) is 58.2 Å². The molecule has 3 nitrogen and oxygen atoms in total. The van der Waals surface area contributed by atoms with Crippen LogP contribution in [0.15, 0.2) is 41.5 Å². The van der Waals surface area contributed by atoms with Crippen molar-refractivity contribution in [1.82, 2.24) is 0 Å². The minimum Gasteiger partial charge on any atom is -0.496 e. The van der Waals surface area contributed by atoms with Gasteiger partial charge in [0.2, 0.25) is 0 Å². The number of carboxylic acids is 1. The molecule has 112 valence electrons. The summed E-state index contributed by atoms with van der Waals surface area (Å²) in [6.45, 7) is 7.56. The van der Waals surface area contributed by atoms with Crippen LogP contribution in [0.2, 0.25) is 0 Å². The molecule has 0 spiro atoms. The van der Waals surface area contributed by atoms with Gasteiger partial charge in [-0.2, -0.15) is 0 Å². The van der Waals surface area contributed by atoms with Gasteiger partial charge in [-0.25, -0.2) is 4.79 Å². The molecule has 0 saturated carbocycles. The first kappa shape index (κ1) is 16.8. The van der Waals surface area contributed by atoms with E-state index < -0.39 is 5.97 Å². The van der Waals surface area contributed by atoms with Crippen molar-refractivity contribution >= 4 is 12.0 Å². The van der Waals surface area contributed by atoms with Crippen LogP contribution < -0.4 is 4.74 Å². The first-order chi connectivity index (χ1) is 9.85. The van der Waals surface area contributed by atoms with E-state index in [1.54, 1.807) is 26.2 Å². The summed E-state index contributed by atoms with van der Waals surface area (Å²) >= 11 is 0. The molecule has 0 aliphatic carbocycles. The van der Waals surface area contributed by atoms with Crippen LogP contribution in [0.5, 0.6) is 5.75 Å². The van der Waals surface area contributed by atoms with Gasteiger partial charge in [-0.05, 0) is 56.5 Å². The van der Waals surface area contributed by atoms with Gasteiger partial charge in [-0.15, -0.1) is 0 Å². The van der Waals surface area contributed by atoms with Gasteiger partial charge >= 0.3 is 5.97 Å². The minimum absolute atomic E-state index is 0.319. The number of carboxylic acid groups (broad SMARTS) is 1. The molecule has 0 aliphatic rings. The van der Waals surface area contributed by atoms with Crippen LogP contribution in [0.4, 0.5) is 0 Å². The summed E-state index contributed by atoms with van der Waals surface area (Å²) in [5, 5.41) is 8.79. The number of hydrogen-bond acceptors (Lipinski definition) is 2. The van der Waals surface area contributed by atoms with E-state index in [0.717, 1.165) is 28.0 Å². The number of ether oxygens (including phenoxy) is 1. The van der Waals surface area contributed by atoms with Crippen molar-refractivity contribution < 1.29 is 14.6 Å². The molecule has 1 aromatic carbocycles. The zero-order valence-corrected chi connectivity index (χ0v) is 13.2. The molecular formula is C18H22O3. The largest absolute Gasteiger partial charge is 0.496 e. The Morgan fingerprint density at radius 3 is 2.38 bits per heavy atom. The molecule has 0 fully saturated rings. The maximum absolute atomic E-state index is 10.7. The SMILES string of the molecule is COc1cc(C)c(/C=C/C(C)=C/C=C(\C)C(=O)O)cc1C. The second-order valence-corrected chi connectivity index (χ2v) is 5.08. The topological polar surface area (TPSA) is 46.5 Å². The van der Waals surface area contributed by atoms with Crippen LogP contribution in [-0.2, 0) is 4.79 Å². The first-order valence-corrected chi connectivity index (χ1v) is 6.77. The van der Waals surface area contributed by atoms with Crippen molar-refractivity contribution in [3.63, 3.8) is 0 Å². The summed E-state index contributed by atoms with van der Waals surface area (Å²) in [7, 11) is 1.67. The predicted molar refractivity (Wildman–Crippen MR) is 86.7 cm³/mol. The molecule has 0 atom stereocenters. The van der Waals surface area contributed by atoms with Gasteiger partial charge in [0.15, 0.2) is 0 Å². The summed E-state index contributed by atoms with van der Waals surface area (Å²) in [6, 6.07) is 4.10. The smallest absolute Gasteiger partial charge is 0.331 e. The van der Waals surface area contributed by atoms with E-state index >= 15 is 0 Å². The number of aryl methyl sites for hydroxylation is 2. The molecule has 0 heterocycles. The second kappa shape index (κ2) is 7.48. The van der Waals surface area contributed by atoms with E-state index in [0.29, 0.717) is 5.57 Å². The van der Waals surface area contributed by atoms with E-state index in [9.17, 15) is 4.79 Å². The van der Waals surface area contributed by atoms with Gasteiger partial charge in [0.1, 0.15) is 5.75 Å². The Labute approximate surface area is 126 Å². The number of benzene rings is 1. The fourth-order valence-electron chi connectivity index (χ4n) is 1.82. The van der Waals surface area contributed by atoms with E-state index in [-0.39, 0.29) is 0 Å². The van der Waals surface area contributed by atoms with Gasteiger partial charge in [0.25, 0.3) is 0 Å². The molecule has 0 unspecified atom stereocenters. The van der Waals surface area contributed by atoms with E-state index in [2.05, 4.69) is 6.07 Å². The molecule has 1 aromatic rings. The Hall–Kier alpha value is -2.29. The Morgan fingerprint density at radius 2 is 1.81 bits per heavy atom. The highest BCUT2D eigenvalue weighted by molar-refractivity contribution is 5.86. The molecule has 0 aromatic heterocycles. The Morgan fingerprint density at radius 1 is 1.14 bits per heavy atom. The van der Waals surface area contributed by atoms with E-state index in [1.807, 2.05) is 39.0 Å². The van der Waals surface area contributed by atoms with Crippen LogP contribution in [0.1, 0.15) is 30.5 Å². The molecule has 0 saturated heterocycles. The average molecular weight is 286 g/mol. The lowest BCUT2D eigenvalue weighted by Crippen LogP contribution is -1.94. The summed E-state index contributed by atoms with van der Waals surface area (Å²) < 4.78 is 5.29. The van der Waals surface area contributed by atoms with Gasteiger partial charge in [-0.1, -0.05) is 29.9 Å². The summed E-state index contributed by atoms with van der Waals surface area (Å²) in [5.74, 6) is -0.0124. The fraction of sp³-hybridized carbons (Fsp3) is 0.278.